The number of carbonyl (C=O) groups is 2. The number of hydrogen-bond donors (Lipinski definition) is 2. The smallest absolute Gasteiger partial charge is 0.251 e. The second-order valence-corrected chi connectivity index (χ2v) is 5.86. The standard InChI is InChI=1S/C19H23N3O2/c1-14(23)21-17-11-7-10-16(12-17)19(24)20-13-18(22(2)3)15-8-5-4-6-9-15/h4-12,18H,13H2,1-3H3,(H,20,24)(H,21,23)/t18-/m0/s1. The maximum atomic E-state index is 12.4. The Morgan fingerprint density at radius 1 is 1.04 bits per heavy atom. The first-order valence-corrected chi connectivity index (χ1v) is 7.84. The molecule has 0 spiro atoms. The minimum Gasteiger partial charge on any atom is -0.350 e. The summed E-state index contributed by atoms with van der Waals surface area (Å²) in [5.74, 6) is -0.325. The van der Waals surface area contributed by atoms with Crippen molar-refractivity contribution in [3.05, 3.63) is 65.7 Å². The molecule has 0 aliphatic carbocycles. The molecular formula is C19H23N3O2. The van der Waals surface area contributed by atoms with Crippen LogP contribution in [0.5, 0.6) is 0 Å². The molecule has 126 valence electrons. The van der Waals surface area contributed by atoms with E-state index < -0.39 is 0 Å². The van der Waals surface area contributed by atoms with E-state index in [4.69, 9.17) is 0 Å². The normalized spacial score (nSPS) is 11.8. The molecule has 0 heterocycles. The summed E-state index contributed by atoms with van der Waals surface area (Å²) in [7, 11) is 3.97. The van der Waals surface area contributed by atoms with E-state index in [2.05, 4.69) is 15.5 Å². The SMILES string of the molecule is CC(=O)Nc1cccc(C(=O)NC[C@@H](c2ccccc2)N(C)C)c1. The highest BCUT2D eigenvalue weighted by molar-refractivity contribution is 5.96. The van der Waals surface area contributed by atoms with E-state index in [1.165, 1.54) is 6.92 Å². The number of carbonyl (C=O) groups excluding carboxylic acids is 2. The summed E-state index contributed by atoms with van der Waals surface area (Å²) in [6.45, 7) is 1.94. The molecule has 2 amide bonds. The molecule has 24 heavy (non-hydrogen) atoms. The fourth-order valence-corrected chi connectivity index (χ4v) is 2.51. The van der Waals surface area contributed by atoms with Crippen molar-refractivity contribution in [1.82, 2.24) is 10.2 Å². The predicted molar refractivity (Wildman–Crippen MR) is 95.9 cm³/mol. The molecule has 0 saturated heterocycles. The lowest BCUT2D eigenvalue weighted by Gasteiger charge is -2.25. The first-order valence-electron chi connectivity index (χ1n) is 7.84. The Morgan fingerprint density at radius 2 is 1.75 bits per heavy atom. The van der Waals surface area contributed by atoms with Crippen LogP contribution in [0, 0.1) is 0 Å². The highest BCUT2D eigenvalue weighted by atomic mass is 16.2. The Bertz CT molecular complexity index is 699. The van der Waals surface area contributed by atoms with Gasteiger partial charge in [-0.2, -0.15) is 0 Å². The number of nitrogens with zero attached hydrogens (tertiary/aromatic N) is 1. The molecule has 5 heteroatoms. The summed E-state index contributed by atoms with van der Waals surface area (Å²) in [6.07, 6.45) is 0. The summed E-state index contributed by atoms with van der Waals surface area (Å²) >= 11 is 0. The second kappa shape index (κ2) is 8.26. The first kappa shape index (κ1) is 17.7. The largest absolute Gasteiger partial charge is 0.350 e. The van der Waals surface area contributed by atoms with Crippen molar-refractivity contribution in [3.8, 4) is 0 Å². The summed E-state index contributed by atoms with van der Waals surface area (Å²) in [6, 6.07) is 17.1. The zero-order valence-electron chi connectivity index (χ0n) is 14.2. The van der Waals surface area contributed by atoms with E-state index >= 15 is 0 Å². The van der Waals surface area contributed by atoms with E-state index in [0.29, 0.717) is 17.8 Å². The van der Waals surface area contributed by atoms with Gasteiger partial charge in [-0.3, -0.25) is 9.59 Å². The molecule has 0 fully saturated rings. The van der Waals surface area contributed by atoms with Crippen molar-refractivity contribution >= 4 is 17.5 Å². The molecule has 0 unspecified atom stereocenters. The maximum Gasteiger partial charge on any atom is 0.251 e. The average molecular weight is 325 g/mol. The average Bonchev–Trinajstić information content (AvgIpc) is 2.55. The number of likely N-dealkylation sites (N-methyl/N-ethyl adjacent to an activating group) is 1. The van der Waals surface area contributed by atoms with Gasteiger partial charge < -0.3 is 15.5 Å². The molecule has 0 aliphatic rings. The van der Waals surface area contributed by atoms with Gasteiger partial charge in [0.25, 0.3) is 5.91 Å². The minimum absolute atomic E-state index is 0.0914. The topological polar surface area (TPSA) is 61.4 Å². The Labute approximate surface area is 142 Å². The van der Waals surface area contributed by atoms with Crippen molar-refractivity contribution in [1.29, 1.82) is 0 Å². The van der Waals surface area contributed by atoms with Crippen LogP contribution >= 0.6 is 0 Å². The van der Waals surface area contributed by atoms with E-state index in [0.717, 1.165) is 5.56 Å². The summed E-state index contributed by atoms with van der Waals surface area (Å²) < 4.78 is 0. The Morgan fingerprint density at radius 3 is 2.38 bits per heavy atom. The Hall–Kier alpha value is -2.66. The molecular weight excluding hydrogens is 302 g/mol. The van der Waals surface area contributed by atoms with Gasteiger partial charge in [0.1, 0.15) is 0 Å². The lowest BCUT2D eigenvalue weighted by atomic mass is 10.1. The number of nitrogens with one attached hydrogen (secondary N) is 2. The van der Waals surface area contributed by atoms with Crippen LogP contribution in [0.15, 0.2) is 54.6 Å². The monoisotopic (exact) mass is 325 g/mol. The van der Waals surface area contributed by atoms with Crippen LogP contribution in [0.25, 0.3) is 0 Å². The van der Waals surface area contributed by atoms with Crippen LogP contribution in [0.4, 0.5) is 5.69 Å². The van der Waals surface area contributed by atoms with Gasteiger partial charge in [0.05, 0.1) is 6.04 Å². The van der Waals surface area contributed by atoms with Gasteiger partial charge >= 0.3 is 0 Å². The molecule has 2 rings (SSSR count). The van der Waals surface area contributed by atoms with Gasteiger partial charge in [-0.1, -0.05) is 36.4 Å². The van der Waals surface area contributed by atoms with Gasteiger partial charge in [0.2, 0.25) is 5.91 Å². The summed E-state index contributed by atoms with van der Waals surface area (Å²) in [4.78, 5) is 25.6. The van der Waals surface area contributed by atoms with Crippen molar-refractivity contribution < 1.29 is 9.59 Å². The highest BCUT2D eigenvalue weighted by Crippen LogP contribution is 2.17. The molecule has 0 radical (unpaired) electrons. The lowest BCUT2D eigenvalue weighted by molar-refractivity contribution is -0.114. The third-order valence-electron chi connectivity index (χ3n) is 3.71. The summed E-state index contributed by atoms with van der Waals surface area (Å²) in [5, 5.41) is 5.65. The van der Waals surface area contributed by atoms with Gasteiger partial charge in [-0.15, -0.1) is 0 Å². The first-order chi connectivity index (χ1) is 11.5. The number of benzene rings is 2. The molecule has 2 N–H and O–H groups in total. The minimum atomic E-state index is -0.163. The molecule has 0 aliphatic heterocycles. The van der Waals surface area contributed by atoms with Crippen LogP contribution < -0.4 is 10.6 Å². The second-order valence-electron chi connectivity index (χ2n) is 5.86. The quantitative estimate of drug-likeness (QED) is 0.858. The van der Waals surface area contributed by atoms with E-state index in [-0.39, 0.29) is 17.9 Å². The predicted octanol–water partition coefficient (Wildman–Crippen LogP) is 2.68. The molecule has 0 aromatic heterocycles. The zero-order chi connectivity index (χ0) is 17.5. The van der Waals surface area contributed by atoms with Crippen molar-refractivity contribution in [2.24, 2.45) is 0 Å². The molecule has 0 saturated carbocycles. The fourth-order valence-electron chi connectivity index (χ4n) is 2.51. The number of rotatable bonds is 6. The third kappa shape index (κ3) is 4.93. The van der Waals surface area contributed by atoms with Crippen LogP contribution in [-0.2, 0) is 4.79 Å². The van der Waals surface area contributed by atoms with Crippen LogP contribution in [0.3, 0.4) is 0 Å². The Balaban J connectivity index is 2.05. The summed E-state index contributed by atoms with van der Waals surface area (Å²) in [5.41, 5.74) is 2.28. The van der Waals surface area contributed by atoms with Gasteiger partial charge in [0, 0.05) is 24.7 Å². The lowest BCUT2D eigenvalue weighted by Crippen LogP contribution is -2.34. The van der Waals surface area contributed by atoms with Gasteiger partial charge in [-0.05, 0) is 37.9 Å². The van der Waals surface area contributed by atoms with E-state index in [1.54, 1.807) is 24.3 Å². The van der Waals surface area contributed by atoms with E-state index in [1.807, 2.05) is 44.4 Å². The molecule has 5 nitrogen and oxygen atoms in total. The third-order valence-corrected chi connectivity index (χ3v) is 3.71. The molecule has 1 atom stereocenters. The number of amides is 2. The van der Waals surface area contributed by atoms with Crippen molar-refractivity contribution in [2.75, 3.05) is 26.0 Å². The molecule has 0 bridgehead atoms. The van der Waals surface area contributed by atoms with Crippen molar-refractivity contribution in [2.45, 2.75) is 13.0 Å². The van der Waals surface area contributed by atoms with Gasteiger partial charge in [0.15, 0.2) is 0 Å². The van der Waals surface area contributed by atoms with E-state index in [9.17, 15) is 9.59 Å². The number of anilines is 1. The maximum absolute atomic E-state index is 12.4. The highest BCUT2D eigenvalue weighted by Gasteiger charge is 2.15. The van der Waals surface area contributed by atoms with Crippen LogP contribution in [0.2, 0.25) is 0 Å². The van der Waals surface area contributed by atoms with Crippen LogP contribution in [-0.4, -0.2) is 37.4 Å². The number of hydrogen-bond acceptors (Lipinski definition) is 3. The zero-order valence-corrected chi connectivity index (χ0v) is 14.2. The van der Waals surface area contributed by atoms with Gasteiger partial charge in [-0.25, -0.2) is 0 Å². The van der Waals surface area contributed by atoms with Crippen LogP contribution in [0.1, 0.15) is 28.9 Å². The molecule has 2 aromatic rings. The van der Waals surface area contributed by atoms with Crippen molar-refractivity contribution in [3.63, 3.8) is 0 Å². The fraction of sp³-hybridized carbons (Fsp3) is 0.263. The molecule has 2 aromatic carbocycles. The Kier molecular flexibility index (Phi) is 6.09.